The molecule has 0 amide bonds. The second kappa shape index (κ2) is 11.9. The van der Waals surface area contributed by atoms with Gasteiger partial charge in [-0.25, -0.2) is 9.97 Å². The number of nitrogens with zero attached hydrogens (tertiary/aromatic N) is 3. The van der Waals surface area contributed by atoms with Gasteiger partial charge in [0, 0.05) is 30.4 Å². The number of para-hydroxylation sites is 1. The molecule has 5 nitrogen and oxygen atoms in total. The number of hydrogen-bond acceptors (Lipinski definition) is 4. The quantitative estimate of drug-likeness (QED) is 0.204. The first-order valence-electron chi connectivity index (χ1n) is 13.7. The maximum absolute atomic E-state index is 5.19. The molecule has 0 bridgehead atoms. The number of anilines is 1. The molecule has 2 heterocycles. The predicted octanol–water partition coefficient (Wildman–Crippen LogP) is 7.47. The van der Waals surface area contributed by atoms with Gasteiger partial charge < -0.3 is 15.2 Å². The second-order valence-electron chi connectivity index (χ2n) is 11.0. The van der Waals surface area contributed by atoms with Crippen LogP contribution in [0.2, 0.25) is 0 Å². The first-order valence-corrected chi connectivity index (χ1v) is 13.7. The van der Waals surface area contributed by atoms with E-state index in [2.05, 4.69) is 98.4 Å². The summed E-state index contributed by atoms with van der Waals surface area (Å²) in [6, 6.07) is 17.5. The topological polar surface area (TPSA) is 54.8 Å². The molecule has 0 aliphatic carbocycles. The molecule has 36 heavy (non-hydrogen) atoms. The maximum Gasteiger partial charge on any atom is 0.155 e. The van der Waals surface area contributed by atoms with Gasteiger partial charge in [0.15, 0.2) is 5.82 Å². The van der Waals surface area contributed by atoms with Crippen molar-refractivity contribution < 1.29 is 0 Å². The Bertz CT molecular complexity index is 1260. The molecule has 2 aromatic heterocycles. The fourth-order valence-corrected chi connectivity index (χ4v) is 4.70. The lowest BCUT2D eigenvalue weighted by atomic mass is 10.1. The summed E-state index contributed by atoms with van der Waals surface area (Å²) in [5.41, 5.74) is 5.69. The number of pyridine rings is 1. The van der Waals surface area contributed by atoms with Crippen molar-refractivity contribution in [1.29, 1.82) is 0 Å². The lowest BCUT2D eigenvalue weighted by Crippen LogP contribution is -2.26. The number of nitrogens with one attached hydrogen (secondary N) is 2. The Labute approximate surface area is 216 Å². The third-order valence-corrected chi connectivity index (χ3v) is 6.56. The highest BCUT2D eigenvalue weighted by atomic mass is 15.1. The van der Waals surface area contributed by atoms with Gasteiger partial charge in [0.25, 0.3) is 0 Å². The Kier molecular flexibility index (Phi) is 8.63. The summed E-state index contributed by atoms with van der Waals surface area (Å²) in [4.78, 5) is 10.2. The lowest BCUT2D eigenvalue weighted by molar-refractivity contribution is 0.616. The number of unbranched alkanes of at least 4 members (excludes halogenated alkanes) is 3. The number of rotatable bonds is 12. The Morgan fingerprint density at radius 2 is 1.56 bits per heavy atom. The van der Waals surface area contributed by atoms with Crippen LogP contribution in [-0.2, 0) is 19.5 Å². The third kappa shape index (κ3) is 6.44. The first kappa shape index (κ1) is 26.2. The molecule has 2 aromatic carbocycles. The molecular formula is C31H43N5. The standard InChI is InChI=1S/C31H43N5/c1-6-8-12-20-32-21-23-16-18-24(19-17-23)22-36-27(15-9-7-2)34-28-29(36)25-13-10-11-14-26(25)33-30(28)35-31(3,4)5/h10-11,13-14,16-19,32H,6-9,12,15,20-22H2,1-5H3,(H,33,35). The van der Waals surface area contributed by atoms with E-state index in [1.807, 2.05) is 0 Å². The summed E-state index contributed by atoms with van der Waals surface area (Å²) in [7, 11) is 0. The van der Waals surface area contributed by atoms with Crippen molar-refractivity contribution in [2.45, 2.75) is 91.8 Å². The average Bonchev–Trinajstić information content (AvgIpc) is 3.21. The monoisotopic (exact) mass is 485 g/mol. The highest BCUT2D eigenvalue weighted by molar-refractivity contribution is 6.07. The van der Waals surface area contributed by atoms with E-state index in [-0.39, 0.29) is 5.54 Å². The molecule has 0 fully saturated rings. The van der Waals surface area contributed by atoms with Gasteiger partial charge in [0.2, 0.25) is 0 Å². The average molecular weight is 486 g/mol. The van der Waals surface area contributed by atoms with Crippen molar-refractivity contribution in [1.82, 2.24) is 19.9 Å². The molecular weight excluding hydrogens is 442 g/mol. The molecule has 0 saturated carbocycles. The van der Waals surface area contributed by atoms with E-state index in [0.717, 1.165) is 67.0 Å². The van der Waals surface area contributed by atoms with Crippen LogP contribution < -0.4 is 10.6 Å². The molecule has 0 unspecified atom stereocenters. The Morgan fingerprint density at radius 3 is 2.28 bits per heavy atom. The fraction of sp³-hybridized carbons (Fsp3) is 0.484. The molecule has 0 atom stereocenters. The largest absolute Gasteiger partial charge is 0.364 e. The Morgan fingerprint density at radius 1 is 0.833 bits per heavy atom. The zero-order valence-corrected chi connectivity index (χ0v) is 22.8. The molecule has 0 aliphatic heterocycles. The van der Waals surface area contributed by atoms with Gasteiger partial charge in [-0.1, -0.05) is 75.6 Å². The van der Waals surface area contributed by atoms with E-state index in [0.29, 0.717) is 0 Å². The summed E-state index contributed by atoms with van der Waals surface area (Å²) in [5.74, 6) is 2.01. The predicted molar refractivity (Wildman–Crippen MR) is 154 cm³/mol. The van der Waals surface area contributed by atoms with Crippen LogP contribution in [0.25, 0.3) is 21.9 Å². The van der Waals surface area contributed by atoms with Crippen molar-refractivity contribution in [2.24, 2.45) is 0 Å². The summed E-state index contributed by atoms with van der Waals surface area (Å²) in [6.07, 6.45) is 7.04. The molecule has 0 aliphatic rings. The van der Waals surface area contributed by atoms with Gasteiger partial charge >= 0.3 is 0 Å². The Hall–Kier alpha value is -2.92. The molecule has 0 radical (unpaired) electrons. The molecule has 4 rings (SSSR count). The Balaban J connectivity index is 1.70. The van der Waals surface area contributed by atoms with Gasteiger partial charge in [-0.2, -0.15) is 0 Å². The minimum absolute atomic E-state index is 0.101. The van der Waals surface area contributed by atoms with Crippen LogP contribution in [-0.4, -0.2) is 26.6 Å². The van der Waals surface area contributed by atoms with Crippen LogP contribution in [0.4, 0.5) is 5.82 Å². The van der Waals surface area contributed by atoms with Gasteiger partial charge in [-0.3, -0.25) is 0 Å². The zero-order chi connectivity index (χ0) is 25.5. The highest BCUT2D eigenvalue weighted by Crippen LogP contribution is 2.32. The van der Waals surface area contributed by atoms with E-state index in [1.165, 1.54) is 35.9 Å². The van der Waals surface area contributed by atoms with Crippen LogP contribution in [0, 0.1) is 0 Å². The van der Waals surface area contributed by atoms with Crippen molar-refractivity contribution >= 4 is 27.8 Å². The summed E-state index contributed by atoms with van der Waals surface area (Å²) in [5, 5.41) is 8.36. The van der Waals surface area contributed by atoms with Crippen molar-refractivity contribution in [2.75, 3.05) is 11.9 Å². The minimum Gasteiger partial charge on any atom is -0.364 e. The molecule has 5 heteroatoms. The van der Waals surface area contributed by atoms with E-state index in [1.54, 1.807) is 0 Å². The van der Waals surface area contributed by atoms with E-state index >= 15 is 0 Å². The molecule has 2 N–H and O–H groups in total. The number of aryl methyl sites for hydroxylation is 1. The van der Waals surface area contributed by atoms with Gasteiger partial charge in [-0.05, 0) is 57.4 Å². The smallest absolute Gasteiger partial charge is 0.155 e. The normalized spacial score (nSPS) is 12.0. The maximum atomic E-state index is 5.19. The number of aromatic nitrogens is 3. The summed E-state index contributed by atoms with van der Waals surface area (Å²) in [6.45, 7) is 13.8. The van der Waals surface area contributed by atoms with Crippen LogP contribution in [0.3, 0.4) is 0 Å². The second-order valence-corrected chi connectivity index (χ2v) is 11.0. The lowest BCUT2D eigenvalue weighted by Gasteiger charge is -2.22. The number of fused-ring (bicyclic) bond motifs is 3. The van der Waals surface area contributed by atoms with Gasteiger partial charge in [0.1, 0.15) is 11.3 Å². The van der Waals surface area contributed by atoms with Gasteiger partial charge in [0.05, 0.1) is 11.0 Å². The number of imidazole rings is 1. The van der Waals surface area contributed by atoms with Gasteiger partial charge in [-0.15, -0.1) is 0 Å². The van der Waals surface area contributed by atoms with E-state index in [4.69, 9.17) is 9.97 Å². The van der Waals surface area contributed by atoms with E-state index < -0.39 is 0 Å². The first-order chi connectivity index (χ1) is 17.4. The summed E-state index contributed by atoms with van der Waals surface area (Å²) >= 11 is 0. The number of benzene rings is 2. The SMILES string of the molecule is CCCCCNCc1ccc(Cn2c(CCCC)nc3c(NC(C)(C)C)nc4ccccc4c32)cc1. The van der Waals surface area contributed by atoms with Crippen molar-refractivity contribution in [3.05, 3.63) is 65.5 Å². The van der Waals surface area contributed by atoms with Crippen LogP contribution in [0.1, 0.15) is 83.7 Å². The van der Waals surface area contributed by atoms with E-state index in [9.17, 15) is 0 Å². The molecule has 4 aromatic rings. The molecule has 0 spiro atoms. The summed E-state index contributed by atoms with van der Waals surface area (Å²) < 4.78 is 2.43. The van der Waals surface area contributed by atoms with Crippen molar-refractivity contribution in [3.63, 3.8) is 0 Å². The molecule has 0 saturated heterocycles. The third-order valence-electron chi connectivity index (χ3n) is 6.56. The zero-order valence-electron chi connectivity index (χ0n) is 22.8. The van der Waals surface area contributed by atoms with Crippen LogP contribution in [0.15, 0.2) is 48.5 Å². The minimum atomic E-state index is -0.101. The number of hydrogen-bond donors (Lipinski definition) is 2. The van der Waals surface area contributed by atoms with Crippen LogP contribution in [0.5, 0.6) is 0 Å². The highest BCUT2D eigenvalue weighted by Gasteiger charge is 2.21. The fourth-order valence-electron chi connectivity index (χ4n) is 4.70. The molecule has 192 valence electrons. The van der Waals surface area contributed by atoms with Crippen LogP contribution >= 0.6 is 0 Å². The van der Waals surface area contributed by atoms with Crippen molar-refractivity contribution in [3.8, 4) is 0 Å².